The monoisotopic (exact) mass is 310 g/mol. The molecule has 0 bridgehead atoms. The van der Waals surface area contributed by atoms with Crippen LogP contribution >= 0.6 is 0 Å². The van der Waals surface area contributed by atoms with Crippen molar-refractivity contribution in [1.29, 1.82) is 0 Å². The van der Waals surface area contributed by atoms with E-state index in [4.69, 9.17) is 0 Å². The molecule has 0 N–H and O–H groups in total. The quantitative estimate of drug-likeness (QED) is 0.626. The largest absolute Gasteiger partial charge is 0.308 e. The predicted molar refractivity (Wildman–Crippen MR) is 89.0 cm³/mol. The van der Waals surface area contributed by atoms with Crippen molar-refractivity contribution in [2.45, 2.75) is 26.7 Å². The highest BCUT2D eigenvalue weighted by atomic mass is 16.6. The molecule has 3 rings (SSSR count). The van der Waals surface area contributed by atoms with Gasteiger partial charge in [0.25, 0.3) is 11.6 Å². The minimum atomic E-state index is -0.445. The smallest absolute Gasteiger partial charge is 0.273 e. The summed E-state index contributed by atoms with van der Waals surface area (Å²) in [6.07, 6.45) is 1.85. The van der Waals surface area contributed by atoms with E-state index in [1.807, 2.05) is 19.1 Å². The maximum Gasteiger partial charge on any atom is 0.273 e. The Labute approximate surface area is 134 Å². The number of aryl methyl sites for hydroxylation is 2. The summed E-state index contributed by atoms with van der Waals surface area (Å²) in [6, 6.07) is 10.7. The number of carbonyl (C=O) groups is 1. The van der Waals surface area contributed by atoms with Gasteiger partial charge in [-0.15, -0.1) is 0 Å². The lowest BCUT2D eigenvalue weighted by Gasteiger charge is -2.30. The van der Waals surface area contributed by atoms with Crippen LogP contribution in [0, 0.1) is 24.0 Å². The number of fused-ring (bicyclic) bond motifs is 1. The standard InChI is InChI=1S/C18H18N2O3/c1-12-8-9-17-14(11-12)5-4-10-19(17)18(21)15-6-3-7-16(13(15)2)20(22)23/h3,6-9,11H,4-5,10H2,1-2H3. The normalized spacial score (nSPS) is 13.6. The van der Waals surface area contributed by atoms with E-state index in [1.54, 1.807) is 24.0 Å². The molecular weight excluding hydrogens is 292 g/mol. The van der Waals surface area contributed by atoms with E-state index in [-0.39, 0.29) is 11.6 Å². The third-order valence-corrected chi connectivity index (χ3v) is 4.33. The number of hydrogen-bond acceptors (Lipinski definition) is 3. The molecule has 5 heteroatoms. The summed E-state index contributed by atoms with van der Waals surface area (Å²) in [7, 11) is 0. The summed E-state index contributed by atoms with van der Waals surface area (Å²) in [5, 5.41) is 11.1. The van der Waals surface area contributed by atoms with Crippen molar-refractivity contribution >= 4 is 17.3 Å². The molecule has 0 unspecified atom stereocenters. The number of nitrogens with zero attached hydrogens (tertiary/aromatic N) is 2. The van der Waals surface area contributed by atoms with Gasteiger partial charge in [0.2, 0.25) is 0 Å². The Bertz CT molecular complexity index is 799. The van der Waals surface area contributed by atoms with Crippen LogP contribution in [0.2, 0.25) is 0 Å². The van der Waals surface area contributed by atoms with Crippen LogP contribution in [0.5, 0.6) is 0 Å². The van der Waals surface area contributed by atoms with Crippen LogP contribution in [0.3, 0.4) is 0 Å². The molecule has 1 heterocycles. The fourth-order valence-electron chi connectivity index (χ4n) is 3.14. The minimum absolute atomic E-state index is 0.0167. The van der Waals surface area contributed by atoms with Gasteiger partial charge in [0.1, 0.15) is 0 Å². The van der Waals surface area contributed by atoms with Crippen LogP contribution < -0.4 is 4.90 Å². The number of nitro benzene ring substituents is 1. The van der Waals surface area contributed by atoms with E-state index in [0.29, 0.717) is 17.7 Å². The van der Waals surface area contributed by atoms with Crippen molar-refractivity contribution in [3.63, 3.8) is 0 Å². The zero-order chi connectivity index (χ0) is 16.6. The van der Waals surface area contributed by atoms with E-state index in [1.165, 1.54) is 11.6 Å². The Morgan fingerprint density at radius 2 is 2.00 bits per heavy atom. The molecule has 0 spiro atoms. The summed E-state index contributed by atoms with van der Waals surface area (Å²) in [6.45, 7) is 4.30. The molecule has 1 aliphatic rings. The molecular formula is C18H18N2O3. The molecule has 2 aromatic carbocycles. The SMILES string of the molecule is Cc1ccc2c(c1)CCCN2C(=O)c1cccc([N+](=O)[O-])c1C. The highest BCUT2D eigenvalue weighted by Gasteiger charge is 2.26. The fraction of sp³-hybridized carbons (Fsp3) is 0.278. The van der Waals surface area contributed by atoms with Gasteiger partial charge in [0.15, 0.2) is 0 Å². The molecule has 0 aliphatic carbocycles. The molecule has 118 valence electrons. The molecule has 0 atom stereocenters. The van der Waals surface area contributed by atoms with Gasteiger partial charge >= 0.3 is 0 Å². The van der Waals surface area contributed by atoms with E-state index < -0.39 is 4.92 Å². The van der Waals surface area contributed by atoms with Gasteiger partial charge < -0.3 is 4.90 Å². The zero-order valence-corrected chi connectivity index (χ0v) is 13.2. The number of anilines is 1. The van der Waals surface area contributed by atoms with E-state index >= 15 is 0 Å². The molecule has 1 aliphatic heterocycles. The average molecular weight is 310 g/mol. The number of hydrogen-bond donors (Lipinski definition) is 0. The summed E-state index contributed by atoms with van der Waals surface area (Å²) < 4.78 is 0. The number of amides is 1. The maximum absolute atomic E-state index is 12.9. The molecule has 0 aromatic heterocycles. The lowest BCUT2D eigenvalue weighted by Crippen LogP contribution is -2.36. The van der Waals surface area contributed by atoms with Gasteiger partial charge in [0, 0.05) is 29.4 Å². The topological polar surface area (TPSA) is 63.5 Å². The maximum atomic E-state index is 12.9. The number of benzene rings is 2. The summed E-state index contributed by atoms with van der Waals surface area (Å²) in [4.78, 5) is 25.3. The first-order valence-electron chi connectivity index (χ1n) is 7.64. The van der Waals surface area contributed by atoms with Crippen molar-refractivity contribution < 1.29 is 9.72 Å². The summed E-state index contributed by atoms with van der Waals surface area (Å²) >= 11 is 0. The molecule has 23 heavy (non-hydrogen) atoms. The Morgan fingerprint density at radius 1 is 1.22 bits per heavy atom. The van der Waals surface area contributed by atoms with Crippen LogP contribution in [0.1, 0.15) is 33.5 Å². The van der Waals surface area contributed by atoms with Crippen molar-refractivity contribution in [2.24, 2.45) is 0 Å². The Morgan fingerprint density at radius 3 is 2.74 bits per heavy atom. The van der Waals surface area contributed by atoms with Crippen molar-refractivity contribution in [3.05, 3.63) is 68.8 Å². The Balaban J connectivity index is 2.03. The first-order chi connectivity index (χ1) is 11.0. The van der Waals surface area contributed by atoms with Gasteiger partial charge in [-0.3, -0.25) is 14.9 Å². The van der Waals surface area contributed by atoms with Crippen LogP contribution in [-0.2, 0) is 6.42 Å². The Kier molecular flexibility index (Phi) is 3.86. The van der Waals surface area contributed by atoms with Crippen molar-refractivity contribution in [1.82, 2.24) is 0 Å². The molecule has 2 aromatic rings. The summed E-state index contributed by atoms with van der Waals surface area (Å²) in [5.41, 5.74) is 4.04. The van der Waals surface area contributed by atoms with Gasteiger partial charge in [-0.25, -0.2) is 0 Å². The fourth-order valence-corrected chi connectivity index (χ4v) is 3.14. The minimum Gasteiger partial charge on any atom is -0.308 e. The highest BCUT2D eigenvalue weighted by Crippen LogP contribution is 2.31. The van der Waals surface area contributed by atoms with Crippen LogP contribution in [0.15, 0.2) is 36.4 Å². The van der Waals surface area contributed by atoms with Crippen LogP contribution in [0.4, 0.5) is 11.4 Å². The molecule has 0 saturated carbocycles. The second kappa shape index (κ2) is 5.83. The Hall–Kier alpha value is -2.69. The van der Waals surface area contributed by atoms with E-state index in [0.717, 1.165) is 24.1 Å². The molecule has 0 fully saturated rings. The van der Waals surface area contributed by atoms with E-state index in [2.05, 4.69) is 6.07 Å². The lowest BCUT2D eigenvalue weighted by atomic mass is 9.98. The van der Waals surface area contributed by atoms with Gasteiger partial charge in [-0.05, 0) is 44.4 Å². The van der Waals surface area contributed by atoms with Crippen molar-refractivity contribution in [3.8, 4) is 0 Å². The van der Waals surface area contributed by atoms with Crippen LogP contribution in [-0.4, -0.2) is 17.4 Å². The first kappa shape index (κ1) is 15.2. The van der Waals surface area contributed by atoms with Gasteiger partial charge in [-0.2, -0.15) is 0 Å². The second-order valence-corrected chi connectivity index (χ2v) is 5.90. The van der Waals surface area contributed by atoms with Gasteiger partial charge in [0.05, 0.1) is 4.92 Å². The number of nitro groups is 1. The number of carbonyl (C=O) groups excluding carboxylic acids is 1. The molecule has 0 radical (unpaired) electrons. The third-order valence-electron chi connectivity index (χ3n) is 4.33. The van der Waals surface area contributed by atoms with Crippen molar-refractivity contribution in [2.75, 3.05) is 11.4 Å². The predicted octanol–water partition coefficient (Wildman–Crippen LogP) is 3.80. The third kappa shape index (κ3) is 2.70. The molecule has 1 amide bonds. The lowest BCUT2D eigenvalue weighted by molar-refractivity contribution is -0.385. The second-order valence-electron chi connectivity index (χ2n) is 5.90. The summed E-state index contributed by atoms with van der Waals surface area (Å²) in [5.74, 6) is -0.170. The zero-order valence-electron chi connectivity index (χ0n) is 13.2. The van der Waals surface area contributed by atoms with Crippen LogP contribution in [0.25, 0.3) is 0 Å². The number of rotatable bonds is 2. The average Bonchev–Trinajstić information content (AvgIpc) is 2.53. The molecule has 5 nitrogen and oxygen atoms in total. The first-order valence-corrected chi connectivity index (χ1v) is 7.64. The molecule has 0 saturated heterocycles. The van der Waals surface area contributed by atoms with E-state index in [9.17, 15) is 14.9 Å². The highest BCUT2D eigenvalue weighted by molar-refractivity contribution is 6.08. The van der Waals surface area contributed by atoms with Gasteiger partial charge in [-0.1, -0.05) is 23.8 Å².